The molecular weight excluding hydrogens is 272 g/mol. The van der Waals surface area contributed by atoms with Crippen LogP contribution in [0.4, 0.5) is 4.79 Å². The molecule has 0 aromatic rings. The number of hydrogen-bond donors (Lipinski definition) is 1. The van der Waals surface area contributed by atoms with Crippen molar-refractivity contribution in [1.82, 2.24) is 10.2 Å². The Morgan fingerprint density at radius 3 is 2.62 bits per heavy atom. The highest BCUT2D eigenvalue weighted by atomic mass is 16.6. The van der Waals surface area contributed by atoms with E-state index in [1.54, 1.807) is 11.8 Å². The molecule has 120 valence electrons. The van der Waals surface area contributed by atoms with Crippen molar-refractivity contribution in [1.29, 1.82) is 0 Å². The first-order valence-electron chi connectivity index (χ1n) is 8.01. The summed E-state index contributed by atoms with van der Waals surface area (Å²) in [5.74, 6) is 0.0662. The monoisotopic (exact) mass is 298 g/mol. The van der Waals surface area contributed by atoms with Gasteiger partial charge in [0.05, 0.1) is 19.1 Å². The summed E-state index contributed by atoms with van der Waals surface area (Å²) < 4.78 is 10.6. The molecule has 0 saturated carbocycles. The molecule has 21 heavy (non-hydrogen) atoms. The van der Waals surface area contributed by atoms with Gasteiger partial charge in [-0.15, -0.1) is 0 Å². The molecule has 2 rings (SSSR count). The van der Waals surface area contributed by atoms with Gasteiger partial charge in [0.1, 0.15) is 0 Å². The number of hydrogen-bond acceptors (Lipinski definition) is 4. The number of amides is 2. The summed E-state index contributed by atoms with van der Waals surface area (Å²) in [5, 5.41) is 3.06. The van der Waals surface area contributed by atoms with Crippen LogP contribution in [0.1, 0.15) is 45.4 Å². The van der Waals surface area contributed by atoms with E-state index in [2.05, 4.69) is 5.32 Å². The smallest absolute Gasteiger partial charge is 0.409 e. The predicted octanol–water partition coefficient (Wildman–Crippen LogP) is 1.68. The Morgan fingerprint density at radius 2 is 2.00 bits per heavy atom. The van der Waals surface area contributed by atoms with E-state index in [1.165, 1.54) is 0 Å². The number of nitrogens with zero attached hydrogens (tertiary/aromatic N) is 1. The average Bonchev–Trinajstić information content (AvgIpc) is 2.49. The van der Waals surface area contributed by atoms with Gasteiger partial charge in [0.2, 0.25) is 5.91 Å². The van der Waals surface area contributed by atoms with Crippen LogP contribution in [-0.2, 0) is 14.3 Å². The molecule has 1 N–H and O–H groups in total. The number of rotatable bonds is 4. The van der Waals surface area contributed by atoms with Gasteiger partial charge in [0, 0.05) is 25.7 Å². The van der Waals surface area contributed by atoms with Gasteiger partial charge < -0.3 is 19.7 Å². The molecule has 6 heteroatoms. The van der Waals surface area contributed by atoms with E-state index < -0.39 is 0 Å². The molecule has 0 aromatic carbocycles. The SMILES string of the molecule is CCOC(=O)N1CCC(NC(=O)CC2CCCCO2)CC1. The molecule has 1 unspecified atom stereocenters. The van der Waals surface area contributed by atoms with Crippen molar-refractivity contribution >= 4 is 12.0 Å². The Morgan fingerprint density at radius 1 is 1.24 bits per heavy atom. The Labute approximate surface area is 126 Å². The molecule has 1 atom stereocenters. The second kappa shape index (κ2) is 8.22. The van der Waals surface area contributed by atoms with Gasteiger partial charge in [0.25, 0.3) is 0 Å². The lowest BCUT2D eigenvalue weighted by Gasteiger charge is -2.32. The number of carbonyl (C=O) groups excluding carboxylic acids is 2. The van der Waals surface area contributed by atoms with Crippen LogP contribution in [0.3, 0.4) is 0 Å². The van der Waals surface area contributed by atoms with Crippen molar-refractivity contribution in [2.45, 2.75) is 57.6 Å². The lowest BCUT2D eigenvalue weighted by atomic mass is 10.0. The maximum Gasteiger partial charge on any atom is 0.409 e. The Balaban J connectivity index is 1.65. The molecule has 2 fully saturated rings. The Hall–Kier alpha value is -1.30. The largest absolute Gasteiger partial charge is 0.450 e. The summed E-state index contributed by atoms with van der Waals surface area (Å²) in [6.07, 6.45) is 5.09. The second-order valence-electron chi connectivity index (χ2n) is 5.72. The van der Waals surface area contributed by atoms with Gasteiger partial charge in [-0.1, -0.05) is 0 Å². The third-order valence-electron chi connectivity index (χ3n) is 4.07. The van der Waals surface area contributed by atoms with E-state index in [1.807, 2.05) is 0 Å². The lowest BCUT2D eigenvalue weighted by Crippen LogP contribution is -2.47. The zero-order chi connectivity index (χ0) is 15.1. The number of likely N-dealkylation sites (tertiary alicyclic amines) is 1. The molecular formula is C15H26N2O4. The van der Waals surface area contributed by atoms with Crippen LogP contribution in [-0.4, -0.2) is 55.3 Å². The lowest BCUT2D eigenvalue weighted by molar-refractivity contribution is -0.125. The first kappa shape index (κ1) is 16.1. The Bertz CT molecular complexity index is 348. The van der Waals surface area contributed by atoms with Crippen molar-refractivity contribution < 1.29 is 19.1 Å². The minimum absolute atomic E-state index is 0.0662. The van der Waals surface area contributed by atoms with E-state index in [9.17, 15) is 9.59 Å². The molecule has 2 aliphatic heterocycles. The fraction of sp³-hybridized carbons (Fsp3) is 0.867. The highest BCUT2D eigenvalue weighted by Crippen LogP contribution is 2.16. The zero-order valence-electron chi connectivity index (χ0n) is 12.8. The van der Waals surface area contributed by atoms with Gasteiger partial charge in [-0.05, 0) is 39.0 Å². The Kier molecular flexibility index (Phi) is 6.29. The normalized spacial score (nSPS) is 23.7. The van der Waals surface area contributed by atoms with Crippen LogP contribution in [0, 0.1) is 0 Å². The van der Waals surface area contributed by atoms with Crippen LogP contribution >= 0.6 is 0 Å². The van der Waals surface area contributed by atoms with Gasteiger partial charge in [0.15, 0.2) is 0 Å². The van der Waals surface area contributed by atoms with E-state index >= 15 is 0 Å². The van der Waals surface area contributed by atoms with E-state index in [0.717, 1.165) is 38.7 Å². The molecule has 0 bridgehead atoms. The standard InChI is InChI=1S/C15H26N2O4/c1-2-20-15(19)17-8-6-12(7-9-17)16-14(18)11-13-5-3-4-10-21-13/h12-13H,2-11H2,1H3,(H,16,18). The van der Waals surface area contributed by atoms with Crippen LogP contribution in [0.5, 0.6) is 0 Å². The second-order valence-corrected chi connectivity index (χ2v) is 5.72. The van der Waals surface area contributed by atoms with Crippen LogP contribution in [0.15, 0.2) is 0 Å². The van der Waals surface area contributed by atoms with Crippen molar-refractivity contribution in [3.05, 3.63) is 0 Å². The highest BCUT2D eigenvalue weighted by molar-refractivity contribution is 5.76. The number of carbonyl (C=O) groups is 2. The van der Waals surface area contributed by atoms with Gasteiger partial charge in [-0.25, -0.2) is 4.79 Å². The zero-order valence-corrected chi connectivity index (χ0v) is 12.8. The molecule has 0 spiro atoms. The van der Waals surface area contributed by atoms with Crippen molar-refractivity contribution in [3.63, 3.8) is 0 Å². The fourth-order valence-corrected chi connectivity index (χ4v) is 2.88. The van der Waals surface area contributed by atoms with Gasteiger partial charge >= 0.3 is 6.09 Å². The maximum absolute atomic E-state index is 12.0. The fourth-order valence-electron chi connectivity index (χ4n) is 2.88. The van der Waals surface area contributed by atoms with Gasteiger partial charge in [-0.2, -0.15) is 0 Å². The quantitative estimate of drug-likeness (QED) is 0.857. The molecule has 2 aliphatic rings. The summed E-state index contributed by atoms with van der Waals surface area (Å²) in [5.41, 5.74) is 0. The van der Waals surface area contributed by atoms with Crippen molar-refractivity contribution in [3.8, 4) is 0 Å². The topological polar surface area (TPSA) is 67.9 Å². The molecule has 6 nitrogen and oxygen atoms in total. The predicted molar refractivity (Wildman–Crippen MR) is 78.0 cm³/mol. The molecule has 0 aliphatic carbocycles. The van der Waals surface area contributed by atoms with E-state index in [-0.39, 0.29) is 24.1 Å². The summed E-state index contributed by atoms with van der Waals surface area (Å²) in [7, 11) is 0. The maximum atomic E-state index is 12.0. The summed E-state index contributed by atoms with van der Waals surface area (Å²) in [4.78, 5) is 25.3. The summed E-state index contributed by atoms with van der Waals surface area (Å²) in [6.45, 7) is 4.26. The average molecular weight is 298 g/mol. The number of nitrogens with one attached hydrogen (secondary N) is 1. The van der Waals surface area contributed by atoms with E-state index in [4.69, 9.17) is 9.47 Å². The molecule has 2 saturated heterocycles. The van der Waals surface area contributed by atoms with E-state index in [0.29, 0.717) is 26.1 Å². The highest BCUT2D eigenvalue weighted by Gasteiger charge is 2.25. The third-order valence-corrected chi connectivity index (χ3v) is 4.07. The van der Waals surface area contributed by atoms with Crippen molar-refractivity contribution in [2.75, 3.05) is 26.3 Å². The minimum Gasteiger partial charge on any atom is -0.450 e. The molecule has 2 heterocycles. The first-order valence-corrected chi connectivity index (χ1v) is 8.01. The van der Waals surface area contributed by atoms with Gasteiger partial charge in [-0.3, -0.25) is 4.79 Å². The number of ether oxygens (including phenoxy) is 2. The summed E-state index contributed by atoms with van der Waals surface area (Å²) >= 11 is 0. The molecule has 0 aromatic heterocycles. The minimum atomic E-state index is -0.252. The first-order chi connectivity index (χ1) is 10.2. The van der Waals surface area contributed by atoms with Crippen LogP contribution < -0.4 is 5.32 Å². The number of piperidine rings is 1. The van der Waals surface area contributed by atoms with Crippen molar-refractivity contribution in [2.24, 2.45) is 0 Å². The summed E-state index contributed by atoms with van der Waals surface area (Å²) in [6, 6.07) is 0.159. The van der Waals surface area contributed by atoms with Crippen LogP contribution in [0.25, 0.3) is 0 Å². The third kappa shape index (κ3) is 5.19. The van der Waals surface area contributed by atoms with Crippen LogP contribution in [0.2, 0.25) is 0 Å². The molecule has 2 amide bonds. The molecule has 0 radical (unpaired) electrons.